The summed E-state index contributed by atoms with van der Waals surface area (Å²) in [6.45, 7) is -0.521. The minimum atomic E-state index is -4.51. The van der Waals surface area contributed by atoms with Crippen molar-refractivity contribution in [3.05, 3.63) is 53.6 Å². The molecule has 0 aliphatic carbocycles. The first-order chi connectivity index (χ1) is 12.8. The second kappa shape index (κ2) is 7.44. The Morgan fingerprint density at radius 3 is 2.59 bits per heavy atom. The monoisotopic (exact) mass is 382 g/mol. The summed E-state index contributed by atoms with van der Waals surface area (Å²) in [5.74, 6) is -0.573. The van der Waals surface area contributed by atoms with Gasteiger partial charge in [-0.15, -0.1) is 0 Å². The first-order valence-corrected chi connectivity index (χ1v) is 7.62. The van der Waals surface area contributed by atoms with E-state index in [0.29, 0.717) is 11.5 Å². The maximum atomic E-state index is 12.6. The molecule has 1 aliphatic heterocycles. The Morgan fingerprint density at radius 1 is 1.04 bits per heavy atom. The van der Waals surface area contributed by atoms with Crippen LogP contribution in [-0.4, -0.2) is 25.2 Å². The van der Waals surface area contributed by atoms with Gasteiger partial charge in [0.15, 0.2) is 18.1 Å². The molecule has 1 heterocycles. The zero-order valence-corrected chi connectivity index (χ0v) is 13.6. The van der Waals surface area contributed by atoms with Crippen molar-refractivity contribution in [2.75, 3.05) is 13.4 Å². The van der Waals surface area contributed by atoms with Gasteiger partial charge in [0.05, 0.1) is 5.56 Å². The van der Waals surface area contributed by atoms with Gasteiger partial charge in [0, 0.05) is 5.56 Å². The molecule has 2 aromatic rings. The maximum Gasteiger partial charge on any atom is 0.416 e. The van der Waals surface area contributed by atoms with Gasteiger partial charge in [-0.1, -0.05) is 6.07 Å². The third-order valence-electron chi connectivity index (χ3n) is 3.48. The third-order valence-corrected chi connectivity index (χ3v) is 3.48. The number of carbonyl (C=O) groups is 2. The molecule has 0 aromatic heterocycles. The molecule has 7 nitrogen and oxygen atoms in total. The highest BCUT2D eigenvalue weighted by atomic mass is 19.4. The van der Waals surface area contributed by atoms with Crippen LogP contribution in [0.3, 0.4) is 0 Å². The summed E-state index contributed by atoms with van der Waals surface area (Å²) in [6, 6.07) is 8.59. The Morgan fingerprint density at radius 2 is 1.81 bits per heavy atom. The Labute approximate surface area is 151 Å². The predicted octanol–water partition coefficient (Wildman–Crippen LogP) is 2.27. The van der Waals surface area contributed by atoms with E-state index in [-0.39, 0.29) is 18.1 Å². The van der Waals surface area contributed by atoms with Crippen LogP contribution in [0.25, 0.3) is 0 Å². The van der Waals surface area contributed by atoms with Gasteiger partial charge in [0.25, 0.3) is 11.8 Å². The number of rotatable bonds is 4. The fourth-order valence-electron chi connectivity index (χ4n) is 2.18. The molecular weight excluding hydrogens is 369 g/mol. The quantitative estimate of drug-likeness (QED) is 0.793. The number of nitrogens with one attached hydrogen (secondary N) is 2. The van der Waals surface area contributed by atoms with E-state index in [4.69, 9.17) is 14.2 Å². The molecular formula is C17H13F3N2O5. The summed E-state index contributed by atoms with van der Waals surface area (Å²) >= 11 is 0. The van der Waals surface area contributed by atoms with Crippen molar-refractivity contribution in [3.8, 4) is 17.2 Å². The van der Waals surface area contributed by atoms with Crippen molar-refractivity contribution in [2.45, 2.75) is 6.18 Å². The molecule has 10 heteroatoms. The summed E-state index contributed by atoms with van der Waals surface area (Å²) in [6.07, 6.45) is -4.51. The molecule has 0 unspecified atom stereocenters. The van der Waals surface area contributed by atoms with E-state index in [1.807, 2.05) is 0 Å². The van der Waals surface area contributed by atoms with Crippen molar-refractivity contribution in [1.82, 2.24) is 10.9 Å². The van der Waals surface area contributed by atoms with Crippen LogP contribution in [0.2, 0.25) is 0 Å². The fourth-order valence-corrected chi connectivity index (χ4v) is 2.18. The lowest BCUT2D eigenvalue weighted by atomic mass is 10.2. The molecule has 27 heavy (non-hydrogen) atoms. The topological polar surface area (TPSA) is 85.9 Å². The zero-order valence-electron chi connectivity index (χ0n) is 13.6. The van der Waals surface area contributed by atoms with Crippen LogP contribution in [-0.2, 0) is 11.0 Å². The van der Waals surface area contributed by atoms with Gasteiger partial charge in [-0.25, -0.2) is 0 Å². The number of halogens is 3. The Kier molecular flexibility index (Phi) is 5.06. The second-order valence-corrected chi connectivity index (χ2v) is 5.38. The molecule has 0 radical (unpaired) electrons. The van der Waals surface area contributed by atoms with Crippen molar-refractivity contribution < 1.29 is 37.0 Å². The molecule has 0 atom stereocenters. The Hall–Kier alpha value is -3.43. The van der Waals surface area contributed by atoms with Crippen molar-refractivity contribution in [2.24, 2.45) is 0 Å². The van der Waals surface area contributed by atoms with Crippen LogP contribution in [0.15, 0.2) is 42.5 Å². The van der Waals surface area contributed by atoms with E-state index in [0.717, 1.165) is 18.2 Å². The molecule has 0 spiro atoms. The minimum absolute atomic E-state index is 0.0595. The lowest BCUT2D eigenvalue weighted by Crippen LogP contribution is -2.43. The van der Waals surface area contributed by atoms with E-state index >= 15 is 0 Å². The molecule has 0 saturated heterocycles. The fraction of sp³-hybridized carbons (Fsp3) is 0.176. The number of alkyl halides is 3. The van der Waals surface area contributed by atoms with E-state index < -0.39 is 30.2 Å². The van der Waals surface area contributed by atoms with Crippen LogP contribution in [0.4, 0.5) is 13.2 Å². The van der Waals surface area contributed by atoms with E-state index in [9.17, 15) is 22.8 Å². The van der Waals surface area contributed by atoms with Crippen LogP contribution in [0.5, 0.6) is 17.2 Å². The summed E-state index contributed by atoms with van der Waals surface area (Å²) in [7, 11) is 0. The minimum Gasteiger partial charge on any atom is -0.484 e. The van der Waals surface area contributed by atoms with Gasteiger partial charge in [0.2, 0.25) is 6.79 Å². The number of hydrazine groups is 1. The molecule has 3 rings (SSSR count). The van der Waals surface area contributed by atoms with Crippen molar-refractivity contribution in [1.29, 1.82) is 0 Å². The summed E-state index contributed by atoms with van der Waals surface area (Å²) in [4.78, 5) is 23.7. The molecule has 0 fully saturated rings. The number of hydrogen-bond acceptors (Lipinski definition) is 5. The molecule has 1 aliphatic rings. The maximum absolute atomic E-state index is 12.6. The standard InChI is InChI=1S/C17H13F3N2O5/c18-17(19,20)11-2-1-3-12(7-11)25-8-15(23)21-22-16(24)10-4-5-13-14(6-10)27-9-26-13/h1-7H,8-9H2,(H,21,23)(H,22,24). The Bertz CT molecular complexity index is 870. The number of benzene rings is 2. The molecule has 0 saturated carbocycles. The summed E-state index contributed by atoms with van der Waals surface area (Å²) in [5, 5.41) is 0. The second-order valence-electron chi connectivity index (χ2n) is 5.38. The number of carbonyl (C=O) groups excluding carboxylic acids is 2. The van der Waals surface area contributed by atoms with Gasteiger partial charge in [-0.3, -0.25) is 20.4 Å². The first kappa shape index (κ1) is 18.4. The van der Waals surface area contributed by atoms with Crippen LogP contribution in [0, 0.1) is 0 Å². The average molecular weight is 382 g/mol. The number of fused-ring (bicyclic) bond motifs is 1. The molecule has 2 aromatic carbocycles. The van der Waals surface area contributed by atoms with Crippen molar-refractivity contribution >= 4 is 11.8 Å². The summed E-state index contributed by atoms with van der Waals surface area (Å²) < 4.78 is 53.1. The highest BCUT2D eigenvalue weighted by Gasteiger charge is 2.30. The van der Waals surface area contributed by atoms with Crippen molar-refractivity contribution in [3.63, 3.8) is 0 Å². The largest absolute Gasteiger partial charge is 0.484 e. The van der Waals surface area contributed by atoms with Gasteiger partial charge >= 0.3 is 6.18 Å². The lowest BCUT2D eigenvalue weighted by molar-refractivity contribution is -0.137. The molecule has 0 bridgehead atoms. The Balaban J connectivity index is 1.49. The normalized spacial score (nSPS) is 12.4. The van der Waals surface area contributed by atoms with Gasteiger partial charge in [-0.05, 0) is 36.4 Å². The van der Waals surface area contributed by atoms with Crippen LogP contribution >= 0.6 is 0 Å². The van der Waals surface area contributed by atoms with E-state index in [1.54, 1.807) is 6.07 Å². The van der Waals surface area contributed by atoms with Crippen LogP contribution in [0.1, 0.15) is 15.9 Å². The third kappa shape index (κ3) is 4.60. The SMILES string of the molecule is O=C(COc1cccc(C(F)(F)F)c1)NNC(=O)c1ccc2c(c1)OCO2. The van der Waals surface area contributed by atoms with Gasteiger partial charge < -0.3 is 14.2 Å². The number of hydrogen-bond donors (Lipinski definition) is 2. The first-order valence-electron chi connectivity index (χ1n) is 7.62. The van der Waals surface area contributed by atoms with Gasteiger partial charge in [0.1, 0.15) is 5.75 Å². The highest BCUT2D eigenvalue weighted by molar-refractivity contribution is 5.96. The predicted molar refractivity (Wildman–Crippen MR) is 85.1 cm³/mol. The van der Waals surface area contributed by atoms with Gasteiger partial charge in [-0.2, -0.15) is 13.2 Å². The smallest absolute Gasteiger partial charge is 0.416 e. The molecule has 142 valence electrons. The molecule has 2 N–H and O–H groups in total. The summed E-state index contributed by atoms with van der Waals surface area (Å²) in [5.41, 5.74) is 3.60. The average Bonchev–Trinajstić information content (AvgIpc) is 3.11. The number of amides is 2. The highest BCUT2D eigenvalue weighted by Crippen LogP contribution is 2.32. The number of ether oxygens (including phenoxy) is 3. The molecule has 2 amide bonds. The zero-order chi connectivity index (χ0) is 19.4. The van der Waals surface area contributed by atoms with E-state index in [2.05, 4.69) is 10.9 Å². The van der Waals surface area contributed by atoms with E-state index in [1.165, 1.54) is 18.2 Å². The van der Waals surface area contributed by atoms with Crippen LogP contribution < -0.4 is 25.1 Å². The lowest BCUT2D eigenvalue weighted by Gasteiger charge is -2.11.